The molecule has 2 atom stereocenters. The molecule has 1 aliphatic heterocycles. The van der Waals surface area contributed by atoms with E-state index in [9.17, 15) is 9.50 Å². The molecule has 1 saturated heterocycles. The summed E-state index contributed by atoms with van der Waals surface area (Å²) in [6.45, 7) is 0.824. The number of oxazole rings is 1. The average molecular weight is 276 g/mol. The van der Waals surface area contributed by atoms with Crippen LogP contribution in [0.25, 0.3) is 11.5 Å². The first-order valence-electron chi connectivity index (χ1n) is 6.75. The zero-order chi connectivity index (χ0) is 13.9. The highest BCUT2D eigenvalue weighted by Crippen LogP contribution is 2.24. The Morgan fingerprint density at radius 1 is 1.35 bits per heavy atom. The van der Waals surface area contributed by atoms with Crippen LogP contribution in [-0.2, 0) is 6.54 Å². The van der Waals surface area contributed by atoms with Crippen molar-refractivity contribution in [2.75, 3.05) is 13.2 Å². The molecule has 0 radical (unpaired) electrons. The van der Waals surface area contributed by atoms with Gasteiger partial charge >= 0.3 is 0 Å². The lowest BCUT2D eigenvalue weighted by atomic mass is 10.2. The maximum Gasteiger partial charge on any atom is 0.226 e. The molecule has 1 fully saturated rings. The first-order chi connectivity index (χ1) is 9.76. The molecule has 3 rings (SSSR count). The van der Waals surface area contributed by atoms with Crippen LogP contribution < -0.4 is 0 Å². The molecule has 0 saturated carbocycles. The number of likely N-dealkylation sites (tertiary alicyclic amines) is 1. The van der Waals surface area contributed by atoms with E-state index >= 15 is 0 Å². The Hall–Kier alpha value is -1.72. The standard InChI is InChI=1S/C15H17FN2O2/c16-12-6-14(9-19)18(7-12)8-13-10-20-15(17-13)11-4-2-1-3-5-11/h1-5,10,12,14,19H,6-9H2/t12-,14-/m0/s1. The molecule has 0 bridgehead atoms. The van der Waals surface area contributed by atoms with Gasteiger partial charge in [0.1, 0.15) is 12.4 Å². The van der Waals surface area contributed by atoms with Crippen molar-refractivity contribution in [2.24, 2.45) is 0 Å². The number of halogens is 1. The van der Waals surface area contributed by atoms with Crippen LogP contribution in [0.15, 0.2) is 41.0 Å². The van der Waals surface area contributed by atoms with Crippen molar-refractivity contribution in [3.05, 3.63) is 42.3 Å². The van der Waals surface area contributed by atoms with Crippen LogP contribution in [0, 0.1) is 0 Å². The number of aliphatic hydroxyl groups excluding tert-OH is 1. The number of hydrogen-bond donors (Lipinski definition) is 1. The Balaban J connectivity index is 1.72. The largest absolute Gasteiger partial charge is 0.444 e. The molecule has 0 amide bonds. The van der Waals surface area contributed by atoms with E-state index in [1.807, 2.05) is 35.2 Å². The number of nitrogens with zero attached hydrogens (tertiary/aromatic N) is 2. The Morgan fingerprint density at radius 3 is 2.90 bits per heavy atom. The Kier molecular flexibility index (Phi) is 3.80. The zero-order valence-electron chi connectivity index (χ0n) is 11.1. The molecule has 2 aromatic rings. The predicted octanol–water partition coefficient (Wildman–Crippen LogP) is 2.25. The summed E-state index contributed by atoms with van der Waals surface area (Å²) in [5.74, 6) is 0.567. The summed E-state index contributed by atoms with van der Waals surface area (Å²) in [6, 6.07) is 9.52. The van der Waals surface area contributed by atoms with Gasteiger partial charge in [0.05, 0.1) is 12.3 Å². The molecule has 2 heterocycles. The monoisotopic (exact) mass is 276 g/mol. The number of alkyl halides is 1. The molecule has 1 aromatic heterocycles. The summed E-state index contributed by atoms with van der Waals surface area (Å²) in [5.41, 5.74) is 1.68. The summed E-state index contributed by atoms with van der Waals surface area (Å²) in [5, 5.41) is 9.26. The number of aliphatic hydroxyl groups is 1. The molecule has 106 valence electrons. The van der Waals surface area contributed by atoms with E-state index in [2.05, 4.69) is 4.98 Å². The van der Waals surface area contributed by atoms with E-state index in [-0.39, 0.29) is 12.6 Å². The minimum absolute atomic E-state index is 0.0240. The predicted molar refractivity (Wildman–Crippen MR) is 72.7 cm³/mol. The summed E-state index contributed by atoms with van der Waals surface area (Å²) >= 11 is 0. The maximum atomic E-state index is 13.4. The van der Waals surface area contributed by atoms with E-state index in [0.29, 0.717) is 25.4 Å². The number of hydrogen-bond acceptors (Lipinski definition) is 4. The van der Waals surface area contributed by atoms with Gasteiger partial charge in [-0.05, 0) is 18.6 Å². The SMILES string of the molecule is OC[C@@H]1C[C@H](F)CN1Cc1coc(-c2ccccc2)n1. The lowest BCUT2D eigenvalue weighted by molar-refractivity contribution is 0.152. The molecule has 1 aromatic carbocycles. The van der Waals surface area contributed by atoms with Crippen molar-refractivity contribution in [3.8, 4) is 11.5 Å². The quantitative estimate of drug-likeness (QED) is 0.930. The second-order valence-electron chi connectivity index (χ2n) is 5.11. The minimum Gasteiger partial charge on any atom is -0.444 e. The fourth-order valence-corrected chi connectivity index (χ4v) is 2.61. The second kappa shape index (κ2) is 5.73. The van der Waals surface area contributed by atoms with E-state index in [1.165, 1.54) is 0 Å². The third-order valence-electron chi connectivity index (χ3n) is 3.63. The second-order valence-corrected chi connectivity index (χ2v) is 5.11. The van der Waals surface area contributed by atoms with Gasteiger partial charge in [-0.1, -0.05) is 18.2 Å². The average Bonchev–Trinajstić information content (AvgIpc) is 3.07. The summed E-state index contributed by atoms with van der Waals surface area (Å²) in [7, 11) is 0. The van der Waals surface area contributed by atoms with Gasteiger partial charge in [-0.15, -0.1) is 0 Å². The van der Waals surface area contributed by atoms with Gasteiger partial charge in [0.2, 0.25) is 5.89 Å². The Bertz CT molecular complexity index is 558. The molecular weight excluding hydrogens is 259 g/mol. The highest BCUT2D eigenvalue weighted by Gasteiger charge is 2.31. The zero-order valence-corrected chi connectivity index (χ0v) is 11.1. The first-order valence-corrected chi connectivity index (χ1v) is 6.75. The molecule has 20 heavy (non-hydrogen) atoms. The maximum absolute atomic E-state index is 13.4. The number of rotatable bonds is 4. The number of benzene rings is 1. The van der Waals surface area contributed by atoms with Crippen LogP contribution in [0.1, 0.15) is 12.1 Å². The van der Waals surface area contributed by atoms with Crippen molar-refractivity contribution >= 4 is 0 Å². The van der Waals surface area contributed by atoms with Crippen molar-refractivity contribution in [3.63, 3.8) is 0 Å². The van der Waals surface area contributed by atoms with Gasteiger partial charge < -0.3 is 9.52 Å². The topological polar surface area (TPSA) is 49.5 Å². The molecule has 1 aliphatic rings. The lowest BCUT2D eigenvalue weighted by Crippen LogP contribution is -2.31. The molecular formula is C15H17FN2O2. The van der Waals surface area contributed by atoms with Gasteiger partial charge in [0.25, 0.3) is 0 Å². The minimum atomic E-state index is -0.868. The first kappa shape index (κ1) is 13.3. The summed E-state index contributed by atoms with van der Waals surface area (Å²) < 4.78 is 18.8. The molecule has 0 unspecified atom stereocenters. The van der Waals surface area contributed by atoms with Crippen LogP contribution in [-0.4, -0.2) is 40.4 Å². The van der Waals surface area contributed by atoms with Gasteiger partial charge in [0.15, 0.2) is 0 Å². The normalized spacial score (nSPS) is 23.3. The van der Waals surface area contributed by atoms with Crippen LogP contribution in [0.3, 0.4) is 0 Å². The molecule has 5 heteroatoms. The highest BCUT2D eigenvalue weighted by molar-refractivity contribution is 5.52. The Labute approximate surface area is 116 Å². The summed E-state index contributed by atoms with van der Waals surface area (Å²) in [4.78, 5) is 6.34. The van der Waals surface area contributed by atoms with E-state index in [4.69, 9.17) is 4.42 Å². The van der Waals surface area contributed by atoms with E-state index in [1.54, 1.807) is 6.26 Å². The fraction of sp³-hybridized carbons (Fsp3) is 0.400. The Morgan fingerprint density at radius 2 is 2.15 bits per heavy atom. The van der Waals surface area contributed by atoms with Crippen LogP contribution in [0.5, 0.6) is 0 Å². The smallest absolute Gasteiger partial charge is 0.226 e. The highest BCUT2D eigenvalue weighted by atomic mass is 19.1. The van der Waals surface area contributed by atoms with Crippen molar-refractivity contribution < 1.29 is 13.9 Å². The van der Waals surface area contributed by atoms with Crippen LogP contribution in [0.4, 0.5) is 4.39 Å². The summed E-state index contributed by atoms with van der Waals surface area (Å²) in [6.07, 6.45) is 1.12. The van der Waals surface area contributed by atoms with E-state index < -0.39 is 6.17 Å². The number of aromatic nitrogens is 1. The molecule has 0 spiro atoms. The molecule has 0 aliphatic carbocycles. The van der Waals surface area contributed by atoms with Crippen molar-refractivity contribution in [1.29, 1.82) is 0 Å². The molecule has 1 N–H and O–H groups in total. The molecule has 4 nitrogen and oxygen atoms in total. The van der Waals surface area contributed by atoms with Crippen LogP contribution >= 0.6 is 0 Å². The van der Waals surface area contributed by atoms with E-state index in [0.717, 1.165) is 11.3 Å². The third kappa shape index (κ3) is 2.73. The van der Waals surface area contributed by atoms with Crippen LogP contribution in [0.2, 0.25) is 0 Å². The van der Waals surface area contributed by atoms with Gasteiger partial charge in [-0.25, -0.2) is 9.37 Å². The van der Waals surface area contributed by atoms with Crippen molar-refractivity contribution in [2.45, 2.75) is 25.2 Å². The third-order valence-corrected chi connectivity index (χ3v) is 3.63. The van der Waals surface area contributed by atoms with Crippen molar-refractivity contribution in [1.82, 2.24) is 9.88 Å². The van der Waals surface area contributed by atoms with Gasteiger partial charge in [-0.3, -0.25) is 4.90 Å². The van der Waals surface area contributed by atoms with Gasteiger partial charge in [0, 0.05) is 24.7 Å². The fourth-order valence-electron chi connectivity index (χ4n) is 2.61. The lowest BCUT2D eigenvalue weighted by Gasteiger charge is -2.20. The van der Waals surface area contributed by atoms with Gasteiger partial charge in [-0.2, -0.15) is 0 Å².